The number of hydrogen-bond acceptors (Lipinski definition) is 2. The molecule has 0 saturated heterocycles. The van der Waals surface area contributed by atoms with Crippen molar-refractivity contribution in [1.82, 2.24) is 9.78 Å². The molecule has 1 aromatic heterocycles. The topological polar surface area (TPSA) is 54.9 Å². The first-order valence-corrected chi connectivity index (χ1v) is 9.99. The van der Waals surface area contributed by atoms with Gasteiger partial charge in [0.25, 0.3) is 11.3 Å². The van der Waals surface area contributed by atoms with Crippen molar-refractivity contribution < 1.29 is 75.0 Å². The number of H-pyrrole nitrogens is 1. The summed E-state index contributed by atoms with van der Waals surface area (Å²) < 4.78 is 212. The molecule has 0 atom stereocenters. The largest absolute Gasteiger partial charge is 0.455 e. The number of benzene rings is 2. The summed E-state index contributed by atoms with van der Waals surface area (Å²) in [4.78, 5) is 24.7. The summed E-state index contributed by atoms with van der Waals surface area (Å²) in [6, 6.07) is -2.10. The van der Waals surface area contributed by atoms with Crippen LogP contribution in [0.2, 0.25) is 0 Å². The second-order valence-electron chi connectivity index (χ2n) is 7.97. The molecule has 2 aromatic carbocycles. The SMILES string of the molecule is O=C(c1c(-c2cc(C(F)(F)F)cc(C(F)(F)F)c2)[nH]n(-c2cc(C(F)(F)F)c(F)c(C(F)(F)F)c2)c1=O)C(F)(F)F. The van der Waals surface area contributed by atoms with Gasteiger partial charge in [0.15, 0.2) is 0 Å². The van der Waals surface area contributed by atoms with E-state index in [-0.39, 0.29) is 12.1 Å². The third-order valence-corrected chi connectivity index (χ3v) is 5.18. The fourth-order valence-corrected chi connectivity index (χ4v) is 3.43. The molecule has 20 heteroatoms. The average molecular weight is 622 g/mol. The van der Waals surface area contributed by atoms with Gasteiger partial charge in [-0.3, -0.25) is 14.7 Å². The molecule has 0 amide bonds. The van der Waals surface area contributed by atoms with Gasteiger partial charge in [0, 0.05) is 5.56 Å². The Labute approximate surface area is 213 Å². The molecular formula is C21H6F16N2O2. The third-order valence-electron chi connectivity index (χ3n) is 5.18. The van der Waals surface area contributed by atoms with E-state index in [1.54, 1.807) is 0 Å². The molecule has 0 spiro atoms. The predicted molar refractivity (Wildman–Crippen MR) is 102 cm³/mol. The Morgan fingerprint density at radius 3 is 1.39 bits per heavy atom. The number of halogens is 16. The van der Waals surface area contributed by atoms with Gasteiger partial charge in [-0.1, -0.05) is 0 Å². The van der Waals surface area contributed by atoms with Crippen molar-refractivity contribution in [3.63, 3.8) is 0 Å². The summed E-state index contributed by atoms with van der Waals surface area (Å²) in [5.41, 5.74) is -19.6. The van der Waals surface area contributed by atoms with Gasteiger partial charge in [-0.25, -0.2) is 9.07 Å². The number of alkyl halides is 15. The predicted octanol–water partition coefficient (Wildman–Crippen LogP) is 7.79. The maximum Gasteiger partial charge on any atom is 0.455 e. The fraction of sp³-hybridized carbons (Fsp3) is 0.238. The highest BCUT2D eigenvalue weighted by molar-refractivity contribution is 6.04. The number of carbonyl (C=O) groups is 1. The van der Waals surface area contributed by atoms with Crippen LogP contribution in [0, 0.1) is 5.82 Å². The number of aromatic amines is 1. The minimum atomic E-state index is -6.08. The minimum absolute atomic E-state index is 0.273. The molecular weight excluding hydrogens is 616 g/mol. The van der Waals surface area contributed by atoms with Crippen LogP contribution in [0.1, 0.15) is 32.6 Å². The molecule has 0 fully saturated rings. The highest BCUT2D eigenvalue weighted by Gasteiger charge is 2.46. The van der Waals surface area contributed by atoms with Gasteiger partial charge in [-0.15, -0.1) is 0 Å². The number of nitrogens with zero attached hydrogens (tertiary/aromatic N) is 1. The Kier molecular flexibility index (Phi) is 7.33. The quantitative estimate of drug-likeness (QED) is 0.240. The Hall–Kier alpha value is -4.00. The zero-order valence-electron chi connectivity index (χ0n) is 18.7. The number of hydrogen-bond donors (Lipinski definition) is 1. The molecule has 3 rings (SSSR count). The zero-order valence-corrected chi connectivity index (χ0v) is 18.7. The van der Waals surface area contributed by atoms with Crippen LogP contribution in [-0.2, 0) is 24.7 Å². The standard InChI is InChI=1S/C21H6F16N2O2/c22-13-10(19(29,30)31)4-9(5-11(13)20(32,33)34)39-16(41)12(15(40)21(35,36)37)14(38-39)6-1-7(17(23,24)25)3-8(2-6)18(26,27)28/h1-5,38H. The van der Waals surface area contributed by atoms with Crippen molar-refractivity contribution >= 4 is 5.78 Å². The first kappa shape index (κ1) is 31.5. The van der Waals surface area contributed by atoms with Gasteiger partial charge in [-0.05, 0) is 30.3 Å². The molecule has 224 valence electrons. The lowest BCUT2D eigenvalue weighted by molar-refractivity contribution is -0.148. The Balaban J connectivity index is 2.52. The van der Waals surface area contributed by atoms with E-state index < -0.39 is 116 Å². The van der Waals surface area contributed by atoms with E-state index in [9.17, 15) is 79.8 Å². The normalized spacial score (nSPS) is 13.6. The van der Waals surface area contributed by atoms with E-state index in [1.165, 1.54) is 5.10 Å². The summed E-state index contributed by atoms with van der Waals surface area (Å²) in [7, 11) is 0. The van der Waals surface area contributed by atoms with E-state index in [0.29, 0.717) is 0 Å². The number of nitrogens with one attached hydrogen (secondary N) is 1. The summed E-state index contributed by atoms with van der Waals surface area (Å²) in [6.07, 6.45) is -29.2. The molecule has 0 aliphatic rings. The molecule has 3 aromatic rings. The zero-order chi connectivity index (χ0) is 31.7. The van der Waals surface area contributed by atoms with Gasteiger partial charge in [-0.2, -0.15) is 65.9 Å². The Bertz CT molecular complexity index is 1500. The number of ketones is 1. The minimum Gasteiger partial charge on any atom is -0.290 e. The molecule has 1 N–H and O–H groups in total. The van der Waals surface area contributed by atoms with Crippen LogP contribution in [-0.4, -0.2) is 21.7 Å². The van der Waals surface area contributed by atoms with Gasteiger partial charge >= 0.3 is 30.9 Å². The van der Waals surface area contributed by atoms with E-state index in [1.807, 2.05) is 0 Å². The third kappa shape index (κ3) is 6.19. The monoisotopic (exact) mass is 622 g/mol. The van der Waals surface area contributed by atoms with E-state index >= 15 is 0 Å². The van der Waals surface area contributed by atoms with Gasteiger partial charge in [0.2, 0.25) is 0 Å². The number of carbonyl (C=O) groups excluding carboxylic acids is 1. The molecule has 0 bridgehead atoms. The fourth-order valence-electron chi connectivity index (χ4n) is 3.43. The molecule has 0 saturated carbocycles. The summed E-state index contributed by atoms with van der Waals surface area (Å²) in [6.45, 7) is 0. The van der Waals surface area contributed by atoms with Crippen LogP contribution >= 0.6 is 0 Å². The lowest BCUT2D eigenvalue weighted by atomic mass is 9.99. The van der Waals surface area contributed by atoms with Crippen LogP contribution in [0.15, 0.2) is 35.1 Å². The lowest BCUT2D eigenvalue weighted by Gasteiger charge is -2.16. The summed E-state index contributed by atoms with van der Waals surface area (Å²) in [5, 5.41) is 1.36. The van der Waals surface area contributed by atoms with Crippen molar-refractivity contribution in [3.8, 4) is 16.9 Å². The van der Waals surface area contributed by atoms with Gasteiger partial charge in [0.1, 0.15) is 11.4 Å². The highest BCUT2D eigenvalue weighted by atomic mass is 19.4. The summed E-state index contributed by atoms with van der Waals surface area (Å²) in [5.74, 6) is -6.18. The van der Waals surface area contributed by atoms with Crippen LogP contribution in [0.3, 0.4) is 0 Å². The van der Waals surface area contributed by atoms with Crippen LogP contribution in [0.4, 0.5) is 70.2 Å². The van der Waals surface area contributed by atoms with Gasteiger partial charge < -0.3 is 0 Å². The van der Waals surface area contributed by atoms with Crippen molar-refractivity contribution in [2.24, 2.45) is 0 Å². The van der Waals surface area contributed by atoms with E-state index in [2.05, 4.69) is 0 Å². The number of rotatable bonds is 3. The van der Waals surface area contributed by atoms with Crippen LogP contribution in [0.25, 0.3) is 16.9 Å². The van der Waals surface area contributed by atoms with E-state index in [4.69, 9.17) is 0 Å². The molecule has 1 heterocycles. The first-order chi connectivity index (χ1) is 18.2. The van der Waals surface area contributed by atoms with Crippen molar-refractivity contribution in [3.05, 3.63) is 74.3 Å². The average Bonchev–Trinajstić information content (AvgIpc) is 3.12. The molecule has 0 unspecified atom stereocenters. The maximum absolute atomic E-state index is 14.1. The Morgan fingerprint density at radius 2 is 1.05 bits per heavy atom. The second-order valence-corrected chi connectivity index (χ2v) is 7.97. The Morgan fingerprint density at radius 1 is 0.634 bits per heavy atom. The molecule has 41 heavy (non-hydrogen) atoms. The molecule has 0 aliphatic heterocycles. The first-order valence-electron chi connectivity index (χ1n) is 9.99. The summed E-state index contributed by atoms with van der Waals surface area (Å²) >= 11 is 0. The van der Waals surface area contributed by atoms with Crippen molar-refractivity contribution in [2.75, 3.05) is 0 Å². The molecule has 0 aliphatic carbocycles. The second kappa shape index (κ2) is 9.54. The van der Waals surface area contributed by atoms with Crippen LogP contribution < -0.4 is 5.56 Å². The number of aromatic nitrogens is 2. The van der Waals surface area contributed by atoms with Crippen molar-refractivity contribution in [2.45, 2.75) is 30.9 Å². The van der Waals surface area contributed by atoms with E-state index in [0.717, 1.165) is 0 Å². The lowest BCUT2D eigenvalue weighted by Crippen LogP contribution is -2.30. The van der Waals surface area contributed by atoms with Gasteiger partial charge in [0.05, 0.1) is 33.6 Å². The smallest absolute Gasteiger partial charge is 0.290 e. The number of Topliss-reactive ketones (excluding diaryl/α,β-unsaturated/α-hetero) is 1. The van der Waals surface area contributed by atoms with Crippen LogP contribution in [0.5, 0.6) is 0 Å². The molecule has 0 radical (unpaired) electrons. The van der Waals surface area contributed by atoms with Crippen molar-refractivity contribution in [1.29, 1.82) is 0 Å². The highest BCUT2D eigenvalue weighted by Crippen LogP contribution is 2.42. The molecule has 4 nitrogen and oxygen atoms in total. The maximum atomic E-state index is 14.1.